The molecule has 2 rings (SSSR count). The molecule has 1 fully saturated rings. The first-order chi connectivity index (χ1) is 11.6. The number of nitrogens with one attached hydrogen (secondary N) is 1. The summed E-state index contributed by atoms with van der Waals surface area (Å²) in [7, 11) is 1.56. The van der Waals surface area contributed by atoms with Crippen molar-refractivity contribution in [2.24, 2.45) is 5.92 Å². The maximum Gasteiger partial charge on any atom is 0.227 e. The molecule has 7 heteroatoms. The van der Waals surface area contributed by atoms with Gasteiger partial charge in [0, 0.05) is 13.0 Å². The Hall–Kier alpha value is -1.73. The Balaban J connectivity index is 2.02. The summed E-state index contributed by atoms with van der Waals surface area (Å²) in [5, 5.41) is 12.2. The van der Waals surface area contributed by atoms with Crippen LogP contribution in [0.25, 0.3) is 0 Å². The van der Waals surface area contributed by atoms with E-state index in [-0.39, 0.29) is 30.9 Å². The van der Waals surface area contributed by atoms with Crippen LogP contribution in [-0.2, 0) is 9.59 Å². The van der Waals surface area contributed by atoms with E-state index in [1.807, 2.05) is 24.5 Å². The Bertz CT molecular complexity index is 581. The summed E-state index contributed by atoms with van der Waals surface area (Å²) in [5.41, 5.74) is 0.682. The highest BCUT2D eigenvalue weighted by Gasteiger charge is 2.36. The van der Waals surface area contributed by atoms with Crippen molar-refractivity contribution in [1.82, 2.24) is 5.32 Å². The largest absolute Gasteiger partial charge is 0.495 e. The Morgan fingerprint density at radius 1 is 1.50 bits per heavy atom. The molecule has 1 aromatic carbocycles. The van der Waals surface area contributed by atoms with Gasteiger partial charge in [-0.3, -0.25) is 9.59 Å². The maximum atomic E-state index is 12.4. The average Bonchev–Trinajstić information content (AvgIpc) is 3.00. The number of nitrogens with zero attached hydrogens (tertiary/aromatic N) is 1. The fraction of sp³-hybridized carbons (Fsp3) is 0.529. The lowest BCUT2D eigenvalue weighted by molar-refractivity contribution is -0.127. The molecule has 0 unspecified atom stereocenters. The second-order valence-electron chi connectivity index (χ2n) is 5.75. The van der Waals surface area contributed by atoms with E-state index >= 15 is 0 Å². The van der Waals surface area contributed by atoms with Crippen molar-refractivity contribution in [3.8, 4) is 5.75 Å². The molecular weight excluding hydrogens is 328 g/mol. The lowest BCUT2D eigenvalue weighted by Gasteiger charge is -2.20. The highest BCUT2D eigenvalue weighted by molar-refractivity contribution is 7.98. The van der Waals surface area contributed by atoms with E-state index in [0.717, 1.165) is 5.75 Å². The number of anilines is 1. The molecule has 1 aromatic rings. The summed E-state index contributed by atoms with van der Waals surface area (Å²) < 4.78 is 5.30. The van der Waals surface area contributed by atoms with Crippen LogP contribution in [0.3, 0.4) is 0 Å². The molecule has 1 aliphatic heterocycles. The van der Waals surface area contributed by atoms with Gasteiger partial charge in [-0.05, 0) is 30.6 Å². The zero-order valence-electron chi connectivity index (χ0n) is 14.0. The lowest BCUT2D eigenvalue weighted by atomic mass is 10.1. The molecule has 132 valence electrons. The molecule has 0 aromatic heterocycles. The molecule has 1 heterocycles. The summed E-state index contributed by atoms with van der Waals surface area (Å²) in [4.78, 5) is 26.3. The van der Waals surface area contributed by atoms with Crippen molar-refractivity contribution in [3.63, 3.8) is 0 Å². The van der Waals surface area contributed by atoms with Crippen LogP contribution in [0.1, 0.15) is 12.8 Å². The Morgan fingerprint density at radius 2 is 2.25 bits per heavy atom. The number of hydrogen-bond donors (Lipinski definition) is 2. The first kappa shape index (κ1) is 18.6. The van der Waals surface area contributed by atoms with Crippen molar-refractivity contribution in [2.75, 3.05) is 37.2 Å². The standard InChI is InChI=1S/C17H24N2O4S/c1-23-15-6-4-3-5-14(15)19-10-12(9-16(19)21)17(22)18-13(11-20)7-8-24-2/h3-6,12-13,20H,7-11H2,1-2H3,(H,18,22)/t12-,13+/m1/s1. The molecule has 1 saturated heterocycles. The monoisotopic (exact) mass is 352 g/mol. The van der Waals surface area contributed by atoms with Gasteiger partial charge in [0.2, 0.25) is 11.8 Å². The van der Waals surface area contributed by atoms with E-state index in [1.165, 1.54) is 0 Å². The quantitative estimate of drug-likeness (QED) is 0.737. The number of carbonyl (C=O) groups is 2. The van der Waals surface area contributed by atoms with Gasteiger partial charge in [-0.15, -0.1) is 0 Å². The van der Waals surface area contributed by atoms with E-state index in [0.29, 0.717) is 24.4 Å². The highest BCUT2D eigenvalue weighted by atomic mass is 32.2. The first-order valence-corrected chi connectivity index (χ1v) is 9.33. The zero-order chi connectivity index (χ0) is 17.5. The van der Waals surface area contributed by atoms with Gasteiger partial charge >= 0.3 is 0 Å². The molecule has 0 bridgehead atoms. The Labute approximate surface area is 146 Å². The van der Waals surface area contributed by atoms with Crippen molar-refractivity contribution in [3.05, 3.63) is 24.3 Å². The van der Waals surface area contributed by atoms with Gasteiger partial charge in [0.05, 0.1) is 31.4 Å². The molecule has 0 radical (unpaired) electrons. The zero-order valence-corrected chi connectivity index (χ0v) is 14.8. The minimum Gasteiger partial charge on any atom is -0.495 e. The molecular formula is C17H24N2O4S. The molecule has 2 amide bonds. The molecule has 0 saturated carbocycles. The minimum atomic E-state index is -0.411. The summed E-state index contributed by atoms with van der Waals surface area (Å²) in [6.07, 6.45) is 2.86. The SMILES string of the molecule is COc1ccccc1N1C[C@H](C(=O)N[C@H](CO)CCSC)CC1=O. The van der Waals surface area contributed by atoms with Gasteiger partial charge in [-0.25, -0.2) is 0 Å². The summed E-state index contributed by atoms with van der Waals surface area (Å²) in [5.74, 6) is 0.790. The minimum absolute atomic E-state index is 0.0932. The summed E-state index contributed by atoms with van der Waals surface area (Å²) in [6, 6.07) is 7.01. The molecule has 0 aliphatic carbocycles. The number of para-hydroxylation sites is 2. The highest BCUT2D eigenvalue weighted by Crippen LogP contribution is 2.32. The predicted molar refractivity (Wildman–Crippen MR) is 95.5 cm³/mol. The topological polar surface area (TPSA) is 78.9 Å². The number of amides is 2. The fourth-order valence-corrected chi connectivity index (χ4v) is 3.28. The van der Waals surface area contributed by atoms with E-state index in [9.17, 15) is 14.7 Å². The van der Waals surface area contributed by atoms with Crippen LogP contribution >= 0.6 is 11.8 Å². The number of methoxy groups -OCH3 is 1. The third kappa shape index (κ3) is 4.42. The number of rotatable bonds is 8. The van der Waals surface area contributed by atoms with Gasteiger partial charge in [0.1, 0.15) is 5.75 Å². The van der Waals surface area contributed by atoms with E-state index in [1.54, 1.807) is 29.8 Å². The van der Waals surface area contributed by atoms with E-state index < -0.39 is 5.92 Å². The van der Waals surface area contributed by atoms with Crippen LogP contribution < -0.4 is 15.0 Å². The Morgan fingerprint density at radius 3 is 2.92 bits per heavy atom. The number of aliphatic hydroxyl groups excluding tert-OH is 1. The van der Waals surface area contributed by atoms with Crippen molar-refractivity contribution in [1.29, 1.82) is 0 Å². The molecule has 2 atom stereocenters. The Kier molecular flexibility index (Phi) is 6.93. The van der Waals surface area contributed by atoms with Crippen molar-refractivity contribution < 1.29 is 19.4 Å². The molecule has 1 aliphatic rings. The number of benzene rings is 1. The predicted octanol–water partition coefficient (Wildman–Crippen LogP) is 1.28. The number of carbonyl (C=O) groups excluding carboxylic acids is 2. The number of hydrogen-bond acceptors (Lipinski definition) is 5. The van der Waals surface area contributed by atoms with Gasteiger partial charge in [0.25, 0.3) is 0 Å². The second-order valence-corrected chi connectivity index (χ2v) is 6.73. The van der Waals surface area contributed by atoms with Gasteiger partial charge in [-0.1, -0.05) is 12.1 Å². The smallest absolute Gasteiger partial charge is 0.227 e. The average molecular weight is 352 g/mol. The van der Waals surface area contributed by atoms with Crippen LogP contribution in [0, 0.1) is 5.92 Å². The van der Waals surface area contributed by atoms with Crippen LogP contribution in [0.4, 0.5) is 5.69 Å². The summed E-state index contributed by atoms with van der Waals surface area (Å²) >= 11 is 1.67. The van der Waals surface area contributed by atoms with Crippen LogP contribution in [0.2, 0.25) is 0 Å². The summed E-state index contributed by atoms with van der Waals surface area (Å²) in [6.45, 7) is 0.231. The fourth-order valence-electron chi connectivity index (χ4n) is 2.76. The molecule has 6 nitrogen and oxygen atoms in total. The third-order valence-electron chi connectivity index (χ3n) is 4.11. The van der Waals surface area contributed by atoms with Gasteiger partial charge in [-0.2, -0.15) is 11.8 Å². The van der Waals surface area contributed by atoms with E-state index in [4.69, 9.17) is 4.74 Å². The van der Waals surface area contributed by atoms with Gasteiger partial charge < -0.3 is 20.1 Å². The molecule has 0 spiro atoms. The molecule has 2 N–H and O–H groups in total. The first-order valence-electron chi connectivity index (χ1n) is 7.94. The number of thioether (sulfide) groups is 1. The van der Waals surface area contributed by atoms with Crippen molar-refractivity contribution in [2.45, 2.75) is 18.9 Å². The maximum absolute atomic E-state index is 12.4. The number of aliphatic hydroxyl groups is 1. The molecule has 24 heavy (non-hydrogen) atoms. The third-order valence-corrected chi connectivity index (χ3v) is 4.75. The lowest BCUT2D eigenvalue weighted by Crippen LogP contribution is -2.42. The van der Waals surface area contributed by atoms with Crippen LogP contribution in [0.15, 0.2) is 24.3 Å². The van der Waals surface area contributed by atoms with Gasteiger partial charge in [0.15, 0.2) is 0 Å². The van der Waals surface area contributed by atoms with Crippen LogP contribution in [-0.4, -0.2) is 55.2 Å². The van der Waals surface area contributed by atoms with Crippen LogP contribution in [0.5, 0.6) is 5.75 Å². The van der Waals surface area contributed by atoms with Crippen molar-refractivity contribution >= 4 is 29.3 Å². The second kappa shape index (κ2) is 8.94. The van der Waals surface area contributed by atoms with E-state index in [2.05, 4.69) is 5.32 Å². The normalized spacial score (nSPS) is 18.5. The number of ether oxygens (including phenoxy) is 1.